The molecule has 3 unspecified atom stereocenters. The molecule has 3 aliphatic carbocycles. The van der Waals surface area contributed by atoms with Gasteiger partial charge in [-0.1, -0.05) is 5.57 Å². The van der Waals surface area contributed by atoms with Crippen molar-refractivity contribution >= 4 is 5.78 Å². The Bertz CT molecular complexity index is 305. The molecule has 0 heterocycles. The Hall–Kier alpha value is -0.630. The van der Waals surface area contributed by atoms with Crippen LogP contribution < -0.4 is 0 Å². The smallest absolute Gasteiger partial charge is 0.159 e. The first-order valence-electron chi connectivity index (χ1n) is 5.17. The largest absolute Gasteiger partial charge is 0.389 e. The third-order valence-corrected chi connectivity index (χ3v) is 4.05. The van der Waals surface area contributed by atoms with E-state index in [9.17, 15) is 9.90 Å². The molecule has 0 bridgehead atoms. The summed E-state index contributed by atoms with van der Waals surface area (Å²) in [7, 11) is 0. The fourth-order valence-corrected chi connectivity index (χ4v) is 3.48. The van der Waals surface area contributed by atoms with Gasteiger partial charge >= 0.3 is 0 Å². The number of ketones is 1. The molecule has 0 aromatic heterocycles. The molecule has 0 saturated heterocycles. The Kier molecular flexibility index (Phi) is 1.33. The second-order valence-electron chi connectivity index (χ2n) is 4.70. The Morgan fingerprint density at radius 2 is 2.31 bits per heavy atom. The minimum absolute atomic E-state index is 0.135. The SMILES string of the molecule is O=C1C=C2CCC3(O)CCCC1C23. The summed E-state index contributed by atoms with van der Waals surface area (Å²) in [6.07, 6.45) is 6.55. The molecule has 0 aromatic carbocycles. The molecule has 3 rings (SSSR count). The number of carbonyl (C=O) groups excluding carboxylic acids is 1. The van der Waals surface area contributed by atoms with Gasteiger partial charge in [-0.3, -0.25) is 4.79 Å². The van der Waals surface area contributed by atoms with E-state index in [1.54, 1.807) is 6.08 Å². The molecule has 3 atom stereocenters. The number of hydrogen-bond donors (Lipinski definition) is 1. The number of aliphatic hydroxyl groups is 1. The van der Waals surface area contributed by atoms with Gasteiger partial charge in [0.05, 0.1) is 5.60 Å². The van der Waals surface area contributed by atoms with Crippen LogP contribution in [0.2, 0.25) is 0 Å². The van der Waals surface area contributed by atoms with Crippen LogP contribution in [-0.4, -0.2) is 16.5 Å². The number of hydrogen-bond acceptors (Lipinski definition) is 2. The molecule has 0 spiro atoms. The first-order chi connectivity index (χ1) is 6.21. The van der Waals surface area contributed by atoms with Gasteiger partial charge in [0.1, 0.15) is 0 Å². The van der Waals surface area contributed by atoms with Crippen LogP contribution in [0.25, 0.3) is 0 Å². The fraction of sp³-hybridized carbons (Fsp3) is 0.727. The lowest BCUT2D eigenvalue weighted by Crippen LogP contribution is -2.41. The van der Waals surface area contributed by atoms with Crippen LogP contribution in [-0.2, 0) is 4.79 Å². The number of carbonyl (C=O) groups is 1. The van der Waals surface area contributed by atoms with E-state index in [0.717, 1.165) is 32.1 Å². The van der Waals surface area contributed by atoms with Gasteiger partial charge in [-0.25, -0.2) is 0 Å². The predicted molar refractivity (Wildman–Crippen MR) is 48.1 cm³/mol. The van der Waals surface area contributed by atoms with E-state index in [1.807, 2.05) is 0 Å². The minimum Gasteiger partial charge on any atom is -0.389 e. The van der Waals surface area contributed by atoms with Crippen LogP contribution in [0, 0.1) is 11.8 Å². The van der Waals surface area contributed by atoms with E-state index >= 15 is 0 Å². The first kappa shape index (κ1) is 7.74. The molecule has 2 saturated carbocycles. The predicted octanol–water partition coefficient (Wildman–Crippen LogP) is 1.44. The summed E-state index contributed by atoms with van der Waals surface area (Å²) < 4.78 is 0. The molecule has 0 aliphatic heterocycles. The number of rotatable bonds is 0. The van der Waals surface area contributed by atoms with Gasteiger partial charge in [-0.2, -0.15) is 0 Å². The quantitative estimate of drug-likeness (QED) is 0.609. The Morgan fingerprint density at radius 3 is 3.15 bits per heavy atom. The van der Waals surface area contributed by atoms with Crippen LogP contribution in [0.4, 0.5) is 0 Å². The second kappa shape index (κ2) is 2.24. The molecule has 2 fully saturated rings. The maximum absolute atomic E-state index is 11.6. The first-order valence-corrected chi connectivity index (χ1v) is 5.17. The van der Waals surface area contributed by atoms with E-state index < -0.39 is 5.60 Å². The van der Waals surface area contributed by atoms with Crippen LogP contribution in [0.15, 0.2) is 11.6 Å². The average molecular weight is 178 g/mol. The van der Waals surface area contributed by atoms with E-state index in [2.05, 4.69) is 0 Å². The third kappa shape index (κ3) is 0.845. The topological polar surface area (TPSA) is 37.3 Å². The van der Waals surface area contributed by atoms with Gasteiger partial charge in [-0.05, 0) is 38.2 Å². The summed E-state index contributed by atoms with van der Waals surface area (Å²) in [5.74, 6) is 0.614. The molecule has 3 aliphatic rings. The zero-order chi connectivity index (χ0) is 9.05. The Balaban J connectivity index is 2.07. The lowest BCUT2D eigenvalue weighted by atomic mass is 9.71. The summed E-state index contributed by atoms with van der Waals surface area (Å²) in [6.45, 7) is 0. The van der Waals surface area contributed by atoms with E-state index in [0.29, 0.717) is 0 Å². The van der Waals surface area contributed by atoms with E-state index in [4.69, 9.17) is 0 Å². The molecule has 70 valence electrons. The van der Waals surface area contributed by atoms with Crippen LogP contribution >= 0.6 is 0 Å². The van der Waals surface area contributed by atoms with Crippen molar-refractivity contribution in [2.75, 3.05) is 0 Å². The molecule has 0 radical (unpaired) electrons. The highest BCUT2D eigenvalue weighted by atomic mass is 16.3. The molecular formula is C11H14O2. The van der Waals surface area contributed by atoms with Crippen molar-refractivity contribution in [1.29, 1.82) is 0 Å². The second-order valence-corrected chi connectivity index (χ2v) is 4.70. The van der Waals surface area contributed by atoms with E-state index in [-0.39, 0.29) is 17.6 Å². The lowest BCUT2D eigenvalue weighted by molar-refractivity contribution is -0.124. The van der Waals surface area contributed by atoms with Crippen LogP contribution in [0.5, 0.6) is 0 Å². The zero-order valence-electron chi connectivity index (χ0n) is 7.62. The van der Waals surface area contributed by atoms with Gasteiger partial charge in [0.15, 0.2) is 5.78 Å². The normalized spacial score (nSPS) is 47.8. The van der Waals surface area contributed by atoms with Crippen molar-refractivity contribution in [3.05, 3.63) is 11.6 Å². The molecule has 1 N–H and O–H groups in total. The van der Waals surface area contributed by atoms with Gasteiger partial charge in [0, 0.05) is 11.8 Å². The molecular weight excluding hydrogens is 164 g/mol. The Labute approximate surface area is 77.6 Å². The maximum atomic E-state index is 11.6. The van der Waals surface area contributed by atoms with Crippen molar-refractivity contribution in [2.45, 2.75) is 37.7 Å². The van der Waals surface area contributed by atoms with Crippen molar-refractivity contribution in [3.63, 3.8) is 0 Å². The highest BCUT2D eigenvalue weighted by Gasteiger charge is 2.54. The fourth-order valence-electron chi connectivity index (χ4n) is 3.48. The average Bonchev–Trinajstić information content (AvgIpc) is 2.58. The van der Waals surface area contributed by atoms with Crippen LogP contribution in [0.3, 0.4) is 0 Å². The standard InChI is InChI=1S/C11H14O2/c12-9-6-7-3-5-11(13)4-1-2-8(9)10(7)11/h6,8,10,13H,1-5H2. The summed E-state index contributed by atoms with van der Waals surface area (Å²) in [4.78, 5) is 11.6. The minimum atomic E-state index is -0.513. The molecule has 2 nitrogen and oxygen atoms in total. The lowest BCUT2D eigenvalue weighted by Gasteiger charge is -2.37. The molecule has 0 aromatic rings. The van der Waals surface area contributed by atoms with Gasteiger partial charge < -0.3 is 5.11 Å². The monoisotopic (exact) mass is 178 g/mol. The van der Waals surface area contributed by atoms with Gasteiger partial charge in [0.2, 0.25) is 0 Å². The number of allylic oxidation sites excluding steroid dienone is 1. The van der Waals surface area contributed by atoms with Crippen molar-refractivity contribution in [3.8, 4) is 0 Å². The summed E-state index contributed by atoms with van der Waals surface area (Å²) in [5.41, 5.74) is 0.721. The third-order valence-electron chi connectivity index (χ3n) is 4.05. The van der Waals surface area contributed by atoms with Crippen LogP contribution in [0.1, 0.15) is 32.1 Å². The van der Waals surface area contributed by atoms with Crippen molar-refractivity contribution in [1.82, 2.24) is 0 Å². The van der Waals surface area contributed by atoms with Crippen molar-refractivity contribution < 1.29 is 9.90 Å². The molecule has 0 amide bonds. The summed E-state index contributed by atoms with van der Waals surface area (Å²) in [6, 6.07) is 0. The highest BCUT2D eigenvalue weighted by molar-refractivity contribution is 5.96. The van der Waals surface area contributed by atoms with Gasteiger partial charge in [-0.15, -0.1) is 0 Å². The highest BCUT2D eigenvalue weighted by Crippen LogP contribution is 2.54. The van der Waals surface area contributed by atoms with Gasteiger partial charge in [0.25, 0.3) is 0 Å². The summed E-state index contributed by atoms with van der Waals surface area (Å²) >= 11 is 0. The maximum Gasteiger partial charge on any atom is 0.159 e. The molecule has 2 heteroatoms. The Morgan fingerprint density at radius 1 is 1.46 bits per heavy atom. The zero-order valence-corrected chi connectivity index (χ0v) is 7.62. The van der Waals surface area contributed by atoms with Crippen molar-refractivity contribution in [2.24, 2.45) is 11.8 Å². The summed E-state index contributed by atoms with van der Waals surface area (Å²) in [5, 5.41) is 10.3. The molecule has 13 heavy (non-hydrogen) atoms. The van der Waals surface area contributed by atoms with E-state index in [1.165, 1.54) is 5.57 Å².